The fraction of sp³-hybridized carbons (Fsp3) is 0.167. The van der Waals surface area contributed by atoms with E-state index in [9.17, 15) is 0 Å². The van der Waals surface area contributed by atoms with Crippen LogP contribution >= 0.6 is 0 Å². The molecule has 1 amide bonds. The minimum absolute atomic E-state index is 0.0182. The van der Waals surface area contributed by atoms with Crippen LogP contribution in [0.15, 0.2) is 140 Å². The Bertz CT molecular complexity index is 1640. The lowest BCUT2D eigenvalue weighted by atomic mass is 9.53. The summed E-state index contributed by atoms with van der Waals surface area (Å²) in [6.45, 7) is 4.32. The molecule has 3 aromatic rings. The van der Waals surface area contributed by atoms with E-state index in [-0.39, 0.29) is 17.6 Å². The highest BCUT2D eigenvalue weighted by Gasteiger charge is 2.76. The summed E-state index contributed by atoms with van der Waals surface area (Å²) in [4.78, 5) is 32.1. The van der Waals surface area contributed by atoms with Gasteiger partial charge in [0.1, 0.15) is 17.0 Å². The van der Waals surface area contributed by atoms with Crippen molar-refractivity contribution < 1.29 is 9.59 Å². The Balaban J connectivity index is 1.54. The van der Waals surface area contributed by atoms with Crippen molar-refractivity contribution >= 4 is 23.5 Å². The lowest BCUT2D eigenvalue weighted by Crippen LogP contribution is -2.69. The Hall–Kier alpha value is -4.90. The Labute approximate surface area is 240 Å². The van der Waals surface area contributed by atoms with Crippen LogP contribution in [0.4, 0.5) is 5.69 Å². The van der Waals surface area contributed by atoms with Gasteiger partial charge in [0.05, 0.1) is 0 Å². The Morgan fingerprint density at radius 3 is 2.34 bits per heavy atom. The van der Waals surface area contributed by atoms with E-state index in [0.717, 1.165) is 22.4 Å². The van der Waals surface area contributed by atoms with Gasteiger partial charge in [0.15, 0.2) is 5.78 Å². The van der Waals surface area contributed by atoms with Crippen LogP contribution in [0, 0.1) is 0 Å². The van der Waals surface area contributed by atoms with Crippen LogP contribution in [0.2, 0.25) is 0 Å². The SMILES string of the molecule is C=CCN1C(=O)[C@@]2(c3ccccc31)C(c1ccccc1)C=CN1N3C=CC=CC3C(=O)[C@@]12C/C=C/c1ccccc1. The van der Waals surface area contributed by atoms with Crippen molar-refractivity contribution in [3.8, 4) is 0 Å². The Morgan fingerprint density at radius 1 is 0.829 bits per heavy atom. The number of carbonyl (C=O) groups is 2. The molecule has 0 bridgehead atoms. The first-order chi connectivity index (χ1) is 20.1. The predicted molar refractivity (Wildman–Crippen MR) is 163 cm³/mol. The number of carbonyl (C=O) groups excluding carboxylic acids is 2. The number of rotatable bonds is 6. The molecule has 4 aliphatic rings. The fourth-order valence-corrected chi connectivity index (χ4v) is 7.40. The van der Waals surface area contributed by atoms with Gasteiger partial charge in [-0.1, -0.05) is 115 Å². The lowest BCUT2D eigenvalue weighted by molar-refractivity contribution is -0.142. The maximum absolute atomic E-state index is 15.2. The predicted octanol–water partition coefficient (Wildman–Crippen LogP) is 6.16. The maximum Gasteiger partial charge on any atom is 0.241 e. The van der Waals surface area contributed by atoms with E-state index < -0.39 is 17.0 Å². The molecule has 0 saturated carbocycles. The van der Waals surface area contributed by atoms with E-state index in [1.165, 1.54) is 0 Å². The molecule has 4 atom stereocenters. The highest BCUT2D eigenvalue weighted by Crippen LogP contribution is 2.63. The maximum atomic E-state index is 15.2. The smallest absolute Gasteiger partial charge is 0.241 e. The van der Waals surface area contributed by atoms with Gasteiger partial charge >= 0.3 is 0 Å². The summed E-state index contributed by atoms with van der Waals surface area (Å²) in [7, 11) is 0. The van der Waals surface area contributed by atoms with Crippen LogP contribution in [-0.2, 0) is 15.0 Å². The molecule has 0 aliphatic carbocycles. The second-order valence-corrected chi connectivity index (χ2v) is 10.9. The van der Waals surface area contributed by atoms with Gasteiger partial charge in [0.25, 0.3) is 0 Å². The molecule has 41 heavy (non-hydrogen) atoms. The van der Waals surface area contributed by atoms with E-state index in [0.29, 0.717) is 13.0 Å². The molecule has 0 aromatic heterocycles. The summed E-state index contributed by atoms with van der Waals surface area (Å²) in [6.07, 6.45) is 18.1. The summed E-state index contributed by atoms with van der Waals surface area (Å²) in [6, 6.07) is 27.7. The highest BCUT2D eigenvalue weighted by atomic mass is 16.2. The number of hydrazine groups is 1. The number of hydrogen-bond acceptors (Lipinski definition) is 4. The van der Waals surface area contributed by atoms with Gasteiger partial charge in [-0.3, -0.25) is 19.6 Å². The molecule has 1 fully saturated rings. The van der Waals surface area contributed by atoms with Crippen LogP contribution < -0.4 is 4.90 Å². The van der Waals surface area contributed by atoms with E-state index in [1.807, 2.05) is 118 Å². The minimum atomic E-state index is -1.22. The molecule has 202 valence electrons. The zero-order valence-corrected chi connectivity index (χ0v) is 22.7. The molecule has 4 aliphatic heterocycles. The van der Waals surface area contributed by atoms with Crippen LogP contribution in [-0.4, -0.2) is 39.8 Å². The van der Waals surface area contributed by atoms with Crippen molar-refractivity contribution in [2.24, 2.45) is 0 Å². The van der Waals surface area contributed by atoms with Crippen molar-refractivity contribution in [3.05, 3.63) is 157 Å². The molecular formula is C36H31N3O2. The molecule has 1 saturated heterocycles. The fourth-order valence-electron chi connectivity index (χ4n) is 7.40. The van der Waals surface area contributed by atoms with E-state index in [4.69, 9.17) is 0 Å². The normalized spacial score (nSPS) is 27.6. The van der Waals surface area contributed by atoms with Gasteiger partial charge < -0.3 is 4.90 Å². The van der Waals surface area contributed by atoms with Crippen LogP contribution in [0.25, 0.3) is 6.08 Å². The van der Waals surface area contributed by atoms with Crippen molar-refractivity contribution in [1.82, 2.24) is 10.0 Å². The quantitative estimate of drug-likeness (QED) is 0.353. The molecule has 0 N–H and O–H groups in total. The number of fused-ring (bicyclic) bond motifs is 6. The molecule has 3 aromatic carbocycles. The molecule has 5 heteroatoms. The monoisotopic (exact) mass is 537 g/mol. The zero-order valence-electron chi connectivity index (χ0n) is 22.7. The third-order valence-electron chi connectivity index (χ3n) is 8.98. The third kappa shape index (κ3) is 3.35. The molecule has 1 spiro atoms. The van der Waals surface area contributed by atoms with Crippen molar-refractivity contribution in [2.45, 2.75) is 29.3 Å². The molecule has 2 unspecified atom stereocenters. The number of benzene rings is 3. The second kappa shape index (κ2) is 9.63. The topological polar surface area (TPSA) is 43.9 Å². The van der Waals surface area contributed by atoms with Crippen LogP contribution in [0.3, 0.4) is 0 Å². The van der Waals surface area contributed by atoms with Gasteiger partial charge in [0.2, 0.25) is 5.91 Å². The largest absolute Gasteiger partial charge is 0.307 e. The summed E-state index contributed by atoms with van der Waals surface area (Å²) < 4.78 is 0. The molecule has 5 nitrogen and oxygen atoms in total. The van der Waals surface area contributed by atoms with Crippen molar-refractivity contribution in [1.29, 1.82) is 0 Å². The minimum Gasteiger partial charge on any atom is -0.307 e. The number of ketones is 1. The summed E-state index contributed by atoms with van der Waals surface area (Å²) in [5.41, 5.74) is 1.32. The second-order valence-electron chi connectivity index (χ2n) is 10.9. The van der Waals surface area contributed by atoms with E-state index >= 15 is 9.59 Å². The lowest BCUT2D eigenvalue weighted by Gasteiger charge is -2.54. The molecule has 7 rings (SSSR count). The number of para-hydroxylation sites is 1. The average Bonchev–Trinajstić information content (AvgIpc) is 3.42. The number of nitrogens with zero attached hydrogens (tertiary/aromatic N) is 3. The van der Waals surface area contributed by atoms with Gasteiger partial charge in [-0.05, 0) is 35.3 Å². The standard InChI is InChI=1S/C36H31N3O2/c1-2-24-37-31-20-10-9-19-30(31)36(34(37)41)29(28-17-7-4-8-18-28)22-26-39-35(36,23-13-16-27-14-5-3-6-15-27)33(40)32-21-11-12-25-38(32)39/h2-22,25-26,29,32H,1,23-24H2/b16-13+/t29?,32?,35-,36+/m1/s1. The van der Waals surface area contributed by atoms with E-state index in [2.05, 4.69) is 36.9 Å². The number of Topliss-reactive ketones (excluding diaryl/α,β-unsaturated/α-hetero) is 1. The van der Waals surface area contributed by atoms with Gasteiger partial charge in [-0.2, -0.15) is 0 Å². The van der Waals surface area contributed by atoms with Crippen molar-refractivity contribution in [3.63, 3.8) is 0 Å². The summed E-state index contributed by atoms with van der Waals surface area (Å²) in [5, 5.41) is 4.03. The first kappa shape index (κ1) is 25.1. The molecule has 4 heterocycles. The number of anilines is 1. The summed E-state index contributed by atoms with van der Waals surface area (Å²) >= 11 is 0. The number of amides is 1. The third-order valence-corrected chi connectivity index (χ3v) is 8.98. The first-order valence-electron chi connectivity index (χ1n) is 14.1. The number of hydrogen-bond donors (Lipinski definition) is 0. The van der Waals surface area contributed by atoms with E-state index in [1.54, 1.807) is 6.08 Å². The molecule has 0 radical (unpaired) electrons. The first-order valence-corrected chi connectivity index (χ1v) is 14.1. The van der Waals surface area contributed by atoms with Gasteiger partial charge in [-0.15, -0.1) is 6.58 Å². The highest BCUT2D eigenvalue weighted by molar-refractivity contribution is 6.16. The van der Waals surface area contributed by atoms with Crippen LogP contribution in [0.1, 0.15) is 29.0 Å². The van der Waals surface area contributed by atoms with Crippen molar-refractivity contribution in [2.75, 3.05) is 11.4 Å². The Kier molecular flexibility index (Phi) is 5.89. The zero-order chi connectivity index (χ0) is 28.0. The average molecular weight is 538 g/mol. The number of allylic oxidation sites excluding steroid dienone is 3. The molecular weight excluding hydrogens is 506 g/mol. The van der Waals surface area contributed by atoms with Gasteiger partial charge in [0, 0.05) is 30.5 Å². The van der Waals surface area contributed by atoms with Crippen LogP contribution in [0.5, 0.6) is 0 Å². The van der Waals surface area contributed by atoms with Gasteiger partial charge in [-0.25, -0.2) is 0 Å². The Morgan fingerprint density at radius 2 is 1.56 bits per heavy atom. The summed E-state index contributed by atoms with van der Waals surface area (Å²) in [5.74, 6) is -0.424.